The summed E-state index contributed by atoms with van der Waals surface area (Å²) in [4.78, 5) is 31.4. The maximum atomic E-state index is 12.9. The molecule has 2 amide bonds. The van der Waals surface area contributed by atoms with Crippen LogP contribution in [-0.2, 0) is 11.0 Å². The van der Waals surface area contributed by atoms with Crippen molar-refractivity contribution in [2.24, 2.45) is 0 Å². The van der Waals surface area contributed by atoms with E-state index in [0.717, 1.165) is 49.4 Å². The topological polar surface area (TPSA) is 94.6 Å². The van der Waals surface area contributed by atoms with Crippen molar-refractivity contribution in [3.05, 3.63) is 77.5 Å². The summed E-state index contributed by atoms with van der Waals surface area (Å²) in [6, 6.07) is 14.2. The number of likely N-dealkylation sites (tertiary alicyclic amines) is 1. The Morgan fingerprint density at radius 3 is 2.54 bits per heavy atom. The van der Waals surface area contributed by atoms with Gasteiger partial charge in [0.2, 0.25) is 5.91 Å². The molecule has 2 aromatic carbocycles. The summed E-state index contributed by atoms with van der Waals surface area (Å²) in [5.74, 6) is -0.823. The Morgan fingerprint density at radius 1 is 1.00 bits per heavy atom. The minimum absolute atomic E-state index is 0.180. The number of rotatable bonds is 6. The van der Waals surface area contributed by atoms with E-state index < -0.39 is 42.2 Å². The molecule has 0 radical (unpaired) electrons. The number of hydrogen-bond acceptors (Lipinski definition) is 5. The second kappa shape index (κ2) is 11.3. The van der Waals surface area contributed by atoms with Crippen LogP contribution in [0, 0.1) is 0 Å². The molecule has 1 aromatic heterocycles. The molecule has 3 aromatic rings. The van der Waals surface area contributed by atoms with Gasteiger partial charge in [-0.15, -0.1) is 0 Å². The van der Waals surface area contributed by atoms with E-state index in [1.54, 1.807) is 0 Å². The number of para-hydroxylation sites is 1. The second-order valence-corrected chi connectivity index (χ2v) is 10.4. The zero-order chi connectivity index (χ0) is 27.6. The summed E-state index contributed by atoms with van der Waals surface area (Å²) in [5, 5.41) is 16.9. The zero-order valence-electron chi connectivity index (χ0n) is 21.3. The summed E-state index contributed by atoms with van der Waals surface area (Å²) in [7, 11) is 0. The number of amides is 2. The number of hydrogen-bond donors (Lipinski definition) is 3. The number of pyridine rings is 1. The third kappa shape index (κ3) is 6.23. The number of aromatic nitrogens is 1. The molecule has 0 unspecified atom stereocenters. The first-order chi connectivity index (χ1) is 18.7. The van der Waals surface area contributed by atoms with Crippen LogP contribution in [-0.4, -0.2) is 64.6 Å². The van der Waals surface area contributed by atoms with Gasteiger partial charge >= 0.3 is 6.18 Å². The molecule has 1 saturated carbocycles. The lowest BCUT2D eigenvalue weighted by Gasteiger charge is -2.35. The standard InChI is InChI=1S/C29H31F3N4O3/c30-29(31,32)20-5-3-4-19(14-20)28(39)34-15-27(38)35-25-16-36(17-26(25)37)21-10-8-18(9-11-21)22-12-13-33-24-7-2-1-6-23(22)24/h1-7,12-14,18,21,25-26,37H,8-11,15-17H2,(H,34,39)(H,35,38)/t18?,21?,25-,26+/m0/s1. The number of nitrogens with one attached hydrogen (secondary N) is 2. The van der Waals surface area contributed by atoms with Crippen LogP contribution in [0.4, 0.5) is 13.2 Å². The monoisotopic (exact) mass is 540 g/mol. The molecule has 1 aliphatic heterocycles. The number of β-amino-alcohol motifs (C(OH)–C–C–N with tert-alkyl or cyclic N) is 1. The van der Waals surface area contributed by atoms with Crippen molar-refractivity contribution in [1.82, 2.24) is 20.5 Å². The highest BCUT2D eigenvalue weighted by Crippen LogP contribution is 2.38. The summed E-state index contributed by atoms with van der Waals surface area (Å²) in [5.41, 5.74) is 1.22. The van der Waals surface area contributed by atoms with Crippen molar-refractivity contribution < 1.29 is 27.9 Å². The number of carbonyl (C=O) groups is 2. The van der Waals surface area contributed by atoms with Crippen LogP contribution in [0.15, 0.2) is 60.8 Å². The van der Waals surface area contributed by atoms with Gasteiger partial charge in [0.15, 0.2) is 0 Å². The van der Waals surface area contributed by atoms with E-state index in [-0.39, 0.29) is 5.56 Å². The number of halogens is 3. The molecule has 0 spiro atoms. The third-order valence-corrected chi connectivity index (χ3v) is 7.86. The van der Waals surface area contributed by atoms with Crippen molar-refractivity contribution in [2.75, 3.05) is 19.6 Å². The Hall–Kier alpha value is -3.50. The summed E-state index contributed by atoms with van der Waals surface area (Å²) in [6.07, 6.45) is 0.604. The van der Waals surface area contributed by atoms with Crippen molar-refractivity contribution >= 4 is 22.7 Å². The van der Waals surface area contributed by atoms with Crippen LogP contribution < -0.4 is 10.6 Å². The quantitative estimate of drug-likeness (QED) is 0.442. The predicted molar refractivity (Wildman–Crippen MR) is 140 cm³/mol. The number of nitrogens with zero attached hydrogens (tertiary/aromatic N) is 2. The number of aliphatic hydroxyl groups is 1. The van der Waals surface area contributed by atoms with E-state index in [0.29, 0.717) is 25.0 Å². The Balaban J connectivity index is 1.10. The summed E-state index contributed by atoms with van der Waals surface area (Å²) in [6.45, 7) is 0.556. The fraction of sp³-hybridized carbons (Fsp3) is 0.414. The lowest BCUT2D eigenvalue weighted by molar-refractivity contribution is -0.137. The van der Waals surface area contributed by atoms with Gasteiger partial charge in [-0.1, -0.05) is 24.3 Å². The molecule has 1 aliphatic carbocycles. The molecule has 2 atom stereocenters. The smallest absolute Gasteiger partial charge is 0.390 e. The molecule has 10 heteroatoms. The third-order valence-electron chi connectivity index (χ3n) is 7.86. The first kappa shape index (κ1) is 27.1. The minimum atomic E-state index is -4.56. The molecule has 3 N–H and O–H groups in total. The van der Waals surface area contributed by atoms with Crippen LogP contribution in [0.2, 0.25) is 0 Å². The highest BCUT2D eigenvalue weighted by molar-refractivity contribution is 5.96. The van der Waals surface area contributed by atoms with Gasteiger partial charge in [-0.3, -0.25) is 19.5 Å². The summed E-state index contributed by atoms with van der Waals surface area (Å²) >= 11 is 0. The molecule has 1 saturated heterocycles. The number of carbonyl (C=O) groups excluding carboxylic acids is 2. The van der Waals surface area contributed by atoms with E-state index >= 15 is 0 Å². The normalized spacial score (nSPS) is 24.0. The number of fused-ring (bicyclic) bond motifs is 1. The fourth-order valence-corrected chi connectivity index (χ4v) is 5.84. The average molecular weight is 541 g/mol. The number of benzene rings is 2. The average Bonchev–Trinajstić information content (AvgIpc) is 3.30. The highest BCUT2D eigenvalue weighted by atomic mass is 19.4. The van der Waals surface area contributed by atoms with Gasteiger partial charge in [0.25, 0.3) is 5.91 Å². The Morgan fingerprint density at radius 2 is 1.77 bits per heavy atom. The zero-order valence-corrected chi connectivity index (χ0v) is 21.3. The molecule has 0 bridgehead atoms. The van der Waals surface area contributed by atoms with Gasteiger partial charge < -0.3 is 15.7 Å². The van der Waals surface area contributed by atoms with Crippen molar-refractivity contribution in [1.29, 1.82) is 0 Å². The van der Waals surface area contributed by atoms with Gasteiger partial charge in [0.1, 0.15) is 0 Å². The van der Waals surface area contributed by atoms with Crippen molar-refractivity contribution in [3.8, 4) is 0 Å². The van der Waals surface area contributed by atoms with E-state index in [9.17, 15) is 27.9 Å². The lowest BCUT2D eigenvalue weighted by Crippen LogP contribution is -2.47. The molecule has 2 aliphatic rings. The Kier molecular flexibility index (Phi) is 7.86. The number of alkyl halides is 3. The molecular formula is C29H31F3N4O3. The minimum Gasteiger partial charge on any atom is -0.390 e. The molecule has 5 rings (SSSR count). The lowest BCUT2D eigenvalue weighted by atomic mass is 9.80. The van der Waals surface area contributed by atoms with E-state index in [4.69, 9.17) is 0 Å². The van der Waals surface area contributed by atoms with Crippen LogP contribution in [0.25, 0.3) is 10.9 Å². The predicted octanol–water partition coefficient (Wildman–Crippen LogP) is 3.87. The van der Waals surface area contributed by atoms with E-state index in [2.05, 4.69) is 32.7 Å². The molecule has 2 fully saturated rings. The Labute approximate surface area is 224 Å². The Bertz CT molecular complexity index is 1340. The molecule has 39 heavy (non-hydrogen) atoms. The SMILES string of the molecule is O=C(CNC(=O)c1cccc(C(F)(F)F)c1)N[C@H]1CN(C2CCC(c3ccnc4ccccc34)CC2)C[C@H]1O. The van der Waals surface area contributed by atoms with Crippen LogP contribution in [0.3, 0.4) is 0 Å². The molecule has 2 heterocycles. The maximum absolute atomic E-state index is 12.9. The molecular weight excluding hydrogens is 509 g/mol. The van der Waals surface area contributed by atoms with Gasteiger partial charge in [0.05, 0.1) is 29.8 Å². The first-order valence-electron chi connectivity index (χ1n) is 13.2. The van der Waals surface area contributed by atoms with Gasteiger partial charge in [-0.05, 0) is 67.5 Å². The van der Waals surface area contributed by atoms with Gasteiger partial charge in [-0.2, -0.15) is 13.2 Å². The van der Waals surface area contributed by atoms with Crippen LogP contribution >= 0.6 is 0 Å². The maximum Gasteiger partial charge on any atom is 0.416 e. The van der Waals surface area contributed by atoms with Gasteiger partial charge in [0, 0.05) is 36.3 Å². The molecule has 7 nitrogen and oxygen atoms in total. The summed E-state index contributed by atoms with van der Waals surface area (Å²) < 4.78 is 38.7. The fourth-order valence-electron chi connectivity index (χ4n) is 5.84. The first-order valence-corrected chi connectivity index (χ1v) is 13.2. The van der Waals surface area contributed by atoms with Crippen molar-refractivity contribution in [3.63, 3.8) is 0 Å². The van der Waals surface area contributed by atoms with Crippen LogP contribution in [0.1, 0.15) is 53.1 Å². The van der Waals surface area contributed by atoms with E-state index in [1.807, 2.05) is 24.4 Å². The second-order valence-electron chi connectivity index (χ2n) is 10.4. The number of aliphatic hydroxyl groups excluding tert-OH is 1. The van der Waals surface area contributed by atoms with E-state index in [1.165, 1.54) is 17.0 Å². The van der Waals surface area contributed by atoms with Crippen LogP contribution in [0.5, 0.6) is 0 Å². The molecule has 206 valence electrons. The van der Waals surface area contributed by atoms with Gasteiger partial charge in [-0.25, -0.2) is 0 Å². The largest absolute Gasteiger partial charge is 0.416 e. The van der Waals surface area contributed by atoms with Crippen molar-refractivity contribution in [2.45, 2.75) is 56.0 Å². The highest BCUT2D eigenvalue weighted by Gasteiger charge is 2.37.